The fourth-order valence-electron chi connectivity index (χ4n) is 3.64. The van der Waals surface area contributed by atoms with E-state index in [1.807, 2.05) is 36.4 Å². The van der Waals surface area contributed by atoms with Crippen molar-refractivity contribution in [1.82, 2.24) is 10.1 Å². The Balaban J connectivity index is 1.53. The lowest BCUT2D eigenvalue weighted by molar-refractivity contribution is -0.117. The number of carbonyl (C=O) groups excluding carboxylic acids is 2. The van der Waals surface area contributed by atoms with Crippen molar-refractivity contribution in [2.75, 3.05) is 5.32 Å². The summed E-state index contributed by atoms with van der Waals surface area (Å²) in [5.74, 6) is -0.309. The molecule has 1 fully saturated rings. The first-order valence-corrected chi connectivity index (χ1v) is 10.1. The summed E-state index contributed by atoms with van der Waals surface area (Å²) in [5.41, 5.74) is 9.79. The van der Waals surface area contributed by atoms with E-state index in [0.29, 0.717) is 34.0 Å². The van der Waals surface area contributed by atoms with Gasteiger partial charge in [-0.05, 0) is 36.6 Å². The van der Waals surface area contributed by atoms with E-state index >= 15 is 0 Å². The molecule has 154 valence electrons. The van der Waals surface area contributed by atoms with E-state index in [0.717, 1.165) is 29.7 Å². The summed E-state index contributed by atoms with van der Waals surface area (Å²) in [4.78, 5) is 29.0. The third kappa shape index (κ3) is 3.90. The quantitative estimate of drug-likeness (QED) is 0.496. The average Bonchev–Trinajstić information content (AvgIpc) is 3.54. The lowest BCUT2D eigenvalue weighted by atomic mass is 10.0. The summed E-state index contributed by atoms with van der Waals surface area (Å²) in [6.07, 6.45) is 2.27. The molecule has 5 rings (SSSR count). The highest BCUT2D eigenvalue weighted by Gasteiger charge is 2.29. The molecule has 0 bridgehead atoms. The maximum absolute atomic E-state index is 13.3. The van der Waals surface area contributed by atoms with E-state index in [1.165, 1.54) is 0 Å². The Hall–Kier alpha value is -4.00. The molecule has 1 aliphatic rings. The van der Waals surface area contributed by atoms with Crippen LogP contribution in [0.3, 0.4) is 0 Å². The van der Waals surface area contributed by atoms with Gasteiger partial charge in [-0.25, -0.2) is 4.98 Å². The molecule has 2 heterocycles. The average molecular weight is 412 g/mol. The lowest BCUT2D eigenvalue weighted by Gasteiger charge is -2.09. The molecule has 0 spiro atoms. The minimum Gasteiger partial charge on any atom is -0.369 e. The first kappa shape index (κ1) is 19.0. The van der Waals surface area contributed by atoms with Gasteiger partial charge >= 0.3 is 0 Å². The second-order valence-corrected chi connectivity index (χ2v) is 7.74. The van der Waals surface area contributed by atoms with Crippen LogP contribution < -0.4 is 11.1 Å². The molecule has 2 aromatic heterocycles. The highest BCUT2D eigenvalue weighted by molar-refractivity contribution is 6.14. The number of hydrogen-bond donors (Lipinski definition) is 2. The Morgan fingerprint density at radius 3 is 2.48 bits per heavy atom. The maximum Gasteiger partial charge on any atom is 0.259 e. The molecular weight excluding hydrogens is 392 g/mol. The smallest absolute Gasteiger partial charge is 0.259 e. The predicted molar refractivity (Wildman–Crippen MR) is 117 cm³/mol. The number of amides is 2. The number of carbonyl (C=O) groups is 2. The van der Waals surface area contributed by atoms with Crippen LogP contribution in [0.25, 0.3) is 22.4 Å². The predicted octanol–water partition coefficient (Wildman–Crippen LogP) is 4.05. The molecule has 2 amide bonds. The number of primary amides is 1. The van der Waals surface area contributed by atoms with Gasteiger partial charge in [0.15, 0.2) is 0 Å². The van der Waals surface area contributed by atoms with E-state index in [2.05, 4.69) is 15.5 Å². The molecular formula is C24H20N4O3. The van der Waals surface area contributed by atoms with Gasteiger partial charge in [-0.2, -0.15) is 0 Å². The number of pyridine rings is 1. The lowest BCUT2D eigenvalue weighted by Crippen LogP contribution is -2.15. The SMILES string of the molecule is NC(=O)Cc1ccc(NC(=O)c2cc(C3CC3)nc3onc(-c4ccccc4)c23)cc1. The van der Waals surface area contributed by atoms with Crippen LogP contribution in [0.2, 0.25) is 0 Å². The Bertz CT molecular complexity index is 1280. The summed E-state index contributed by atoms with van der Waals surface area (Å²) >= 11 is 0. The zero-order valence-electron chi connectivity index (χ0n) is 16.7. The molecule has 7 nitrogen and oxygen atoms in total. The van der Waals surface area contributed by atoms with Crippen LogP contribution in [-0.2, 0) is 11.2 Å². The van der Waals surface area contributed by atoms with Gasteiger partial charge in [0, 0.05) is 22.9 Å². The van der Waals surface area contributed by atoms with Crippen LogP contribution in [-0.4, -0.2) is 22.0 Å². The van der Waals surface area contributed by atoms with Gasteiger partial charge in [0.2, 0.25) is 5.91 Å². The summed E-state index contributed by atoms with van der Waals surface area (Å²) in [5, 5.41) is 7.74. The fraction of sp³-hybridized carbons (Fsp3) is 0.167. The van der Waals surface area contributed by atoms with Crippen molar-refractivity contribution in [3.05, 3.63) is 77.5 Å². The summed E-state index contributed by atoms with van der Waals surface area (Å²) in [6.45, 7) is 0. The number of anilines is 1. The van der Waals surface area contributed by atoms with Gasteiger partial charge < -0.3 is 15.6 Å². The second kappa shape index (κ2) is 7.68. The summed E-state index contributed by atoms with van der Waals surface area (Å²) < 4.78 is 5.53. The van der Waals surface area contributed by atoms with Crippen molar-refractivity contribution in [1.29, 1.82) is 0 Å². The van der Waals surface area contributed by atoms with Gasteiger partial charge in [0.05, 0.1) is 17.4 Å². The minimum absolute atomic E-state index is 0.158. The van der Waals surface area contributed by atoms with E-state index in [4.69, 9.17) is 10.3 Å². The van der Waals surface area contributed by atoms with Gasteiger partial charge in [-0.1, -0.05) is 47.6 Å². The van der Waals surface area contributed by atoms with Crippen molar-refractivity contribution in [3.8, 4) is 11.3 Å². The molecule has 1 aliphatic carbocycles. The highest BCUT2D eigenvalue weighted by Crippen LogP contribution is 2.41. The summed E-state index contributed by atoms with van der Waals surface area (Å²) in [6, 6.07) is 18.5. The van der Waals surface area contributed by atoms with Gasteiger partial charge in [0.1, 0.15) is 5.69 Å². The summed E-state index contributed by atoms with van der Waals surface area (Å²) in [7, 11) is 0. The Kier molecular flexibility index (Phi) is 4.71. The van der Waals surface area contributed by atoms with Crippen LogP contribution in [0, 0.1) is 0 Å². The van der Waals surface area contributed by atoms with Crippen molar-refractivity contribution < 1.29 is 14.1 Å². The number of hydrogen-bond acceptors (Lipinski definition) is 5. The van der Waals surface area contributed by atoms with E-state index in [9.17, 15) is 9.59 Å². The van der Waals surface area contributed by atoms with Crippen LogP contribution in [0.5, 0.6) is 0 Å². The standard InChI is InChI=1S/C24H20N4O3/c25-20(29)12-14-6-10-17(11-7-14)26-23(30)18-13-19(15-8-9-15)27-24-21(18)22(28-31-24)16-4-2-1-3-5-16/h1-7,10-11,13,15H,8-9,12H2,(H2,25,29)(H,26,30). The second-order valence-electron chi connectivity index (χ2n) is 7.74. The van der Waals surface area contributed by atoms with Gasteiger partial charge in [0.25, 0.3) is 11.6 Å². The zero-order chi connectivity index (χ0) is 21.4. The highest BCUT2D eigenvalue weighted by atomic mass is 16.5. The zero-order valence-corrected chi connectivity index (χ0v) is 16.7. The number of nitrogens with one attached hydrogen (secondary N) is 1. The molecule has 7 heteroatoms. The molecule has 4 aromatic rings. The molecule has 0 aliphatic heterocycles. The Labute approximate surface area is 178 Å². The number of benzene rings is 2. The number of fused-ring (bicyclic) bond motifs is 1. The van der Waals surface area contributed by atoms with E-state index < -0.39 is 5.91 Å². The Morgan fingerprint density at radius 2 is 1.81 bits per heavy atom. The van der Waals surface area contributed by atoms with Crippen LogP contribution in [0.15, 0.2) is 65.2 Å². The number of nitrogens with zero attached hydrogens (tertiary/aromatic N) is 2. The van der Waals surface area contributed by atoms with E-state index in [1.54, 1.807) is 24.3 Å². The molecule has 2 aromatic carbocycles. The van der Waals surface area contributed by atoms with Crippen LogP contribution in [0.4, 0.5) is 5.69 Å². The molecule has 0 atom stereocenters. The van der Waals surface area contributed by atoms with Crippen molar-refractivity contribution in [2.24, 2.45) is 5.73 Å². The van der Waals surface area contributed by atoms with E-state index in [-0.39, 0.29) is 12.3 Å². The molecule has 0 unspecified atom stereocenters. The topological polar surface area (TPSA) is 111 Å². The van der Waals surface area contributed by atoms with Gasteiger partial charge in [-0.3, -0.25) is 9.59 Å². The Morgan fingerprint density at radius 1 is 1.06 bits per heavy atom. The largest absolute Gasteiger partial charge is 0.369 e. The first-order chi connectivity index (χ1) is 15.1. The van der Waals surface area contributed by atoms with Crippen molar-refractivity contribution in [3.63, 3.8) is 0 Å². The number of nitrogens with two attached hydrogens (primary N) is 1. The number of rotatable bonds is 6. The normalized spacial score (nSPS) is 13.3. The fourth-order valence-corrected chi connectivity index (χ4v) is 3.64. The van der Waals surface area contributed by atoms with Crippen molar-refractivity contribution >= 4 is 28.6 Å². The molecule has 0 radical (unpaired) electrons. The number of aromatic nitrogens is 2. The third-order valence-electron chi connectivity index (χ3n) is 5.34. The molecule has 0 saturated heterocycles. The van der Waals surface area contributed by atoms with Crippen molar-refractivity contribution in [2.45, 2.75) is 25.2 Å². The monoisotopic (exact) mass is 412 g/mol. The van der Waals surface area contributed by atoms with Crippen LogP contribution >= 0.6 is 0 Å². The maximum atomic E-state index is 13.3. The third-order valence-corrected chi connectivity index (χ3v) is 5.34. The minimum atomic E-state index is -0.399. The first-order valence-electron chi connectivity index (χ1n) is 10.1. The molecule has 1 saturated carbocycles. The van der Waals surface area contributed by atoms with Gasteiger partial charge in [-0.15, -0.1) is 0 Å². The van der Waals surface area contributed by atoms with Crippen LogP contribution in [0.1, 0.15) is 40.4 Å². The molecule has 3 N–H and O–H groups in total. The molecule has 31 heavy (non-hydrogen) atoms.